The van der Waals surface area contributed by atoms with Crippen molar-refractivity contribution in [1.29, 1.82) is 0 Å². The third kappa shape index (κ3) is 5.64. The lowest BCUT2D eigenvalue weighted by Crippen LogP contribution is -2.20. The first-order valence-electron chi connectivity index (χ1n) is 8.39. The Balaban J connectivity index is 1.96. The molecule has 0 spiro atoms. The van der Waals surface area contributed by atoms with Gasteiger partial charge in [-0.1, -0.05) is 26.0 Å². The summed E-state index contributed by atoms with van der Waals surface area (Å²) in [6.07, 6.45) is 2.52. The number of ether oxygens (including phenoxy) is 2. The van der Waals surface area contributed by atoms with Crippen LogP contribution in [0.1, 0.15) is 36.2 Å². The Labute approximate surface area is 148 Å². The maximum atomic E-state index is 12.0. The summed E-state index contributed by atoms with van der Waals surface area (Å²) in [6.45, 7) is 4.47. The molecule has 2 aromatic rings. The molecule has 25 heavy (non-hydrogen) atoms. The molecule has 0 heterocycles. The molecular formula is C20H23NO4. The first kappa shape index (κ1) is 18.5. The molecule has 5 heteroatoms. The van der Waals surface area contributed by atoms with E-state index in [9.17, 15) is 9.59 Å². The van der Waals surface area contributed by atoms with Gasteiger partial charge in [0.15, 0.2) is 12.9 Å². The minimum Gasteiger partial charge on any atom is -0.493 e. The fourth-order valence-corrected chi connectivity index (χ4v) is 2.21. The SMILES string of the molecule is CCCOc1ccc(C=O)c(OCC(=O)Nc2ccc(CC)cc2)c1. The summed E-state index contributed by atoms with van der Waals surface area (Å²) in [5.74, 6) is 0.652. The average molecular weight is 341 g/mol. The Kier molecular flexibility index (Phi) is 7.01. The summed E-state index contributed by atoms with van der Waals surface area (Å²) in [5.41, 5.74) is 2.29. The molecule has 2 rings (SSSR count). The Morgan fingerprint density at radius 1 is 1.08 bits per heavy atom. The lowest BCUT2D eigenvalue weighted by Gasteiger charge is -2.11. The molecule has 0 aliphatic heterocycles. The van der Waals surface area contributed by atoms with E-state index < -0.39 is 0 Å². The molecule has 0 radical (unpaired) electrons. The van der Waals surface area contributed by atoms with Crippen LogP contribution in [0.3, 0.4) is 0 Å². The van der Waals surface area contributed by atoms with Crippen molar-refractivity contribution in [1.82, 2.24) is 0 Å². The number of rotatable bonds is 9. The molecule has 2 aromatic carbocycles. The number of amides is 1. The summed E-state index contributed by atoms with van der Waals surface area (Å²) >= 11 is 0. The van der Waals surface area contributed by atoms with E-state index in [1.807, 2.05) is 31.2 Å². The van der Waals surface area contributed by atoms with Gasteiger partial charge in [0.05, 0.1) is 12.2 Å². The largest absolute Gasteiger partial charge is 0.493 e. The van der Waals surface area contributed by atoms with Crippen molar-refractivity contribution < 1.29 is 19.1 Å². The van der Waals surface area contributed by atoms with Gasteiger partial charge < -0.3 is 14.8 Å². The highest BCUT2D eigenvalue weighted by Crippen LogP contribution is 2.24. The van der Waals surface area contributed by atoms with Crippen molar-refractivity contribution in [2.45, 2.75) is 26.7 Å². The Hall–Kier alpha value is -2.82. The maximum Gasteiger partial charge on any atom is 0.262 e. The van der Waals surface area contributed by atoms with Crippen molar-refractivity contribution in [3.05, 3.63) is 53.6 Å². The molecule has 0 saturated heterocycles. The van der Waals surface area contributed by atoms with Gasteiger partial charge in [-0.05, 0) is 42.7 Å². The van der Waals surface area contributed by atoms with Crippen LogP contribution in [0.4, 0.5) is 5.69 Å². The lowest BCUT2D eigenvalue weighted by atomic mass is 10.1. The third-order valence-electron chi connectivity index (χ3n) is 3.59. The van der Waals surface area contributed by atoms with E-state index >= 15 is 0 Å². The third-order valence-corrected chi connectivity index (χ3v) is 3.59. The number of carbonyl (C=O) groups excluding carboxylic acids is 2. The van der Waals surface area contributed by atoms with Crippen LogP contribution in [-0.4, -0.2) is 25.4 Å². The molecule has 1 amide bonds. The number of nitrogens with one attached hydrogen (secondary N) is 1. The Bertz CT molecular complexity index is 710. The van der Waals surface area contributed by atoms with E-state index in [2.05, 4.69) is 12.2 Å². The molecule has 0 aliphatic carbocycles. The van der Waals surface area contributed by atoms with Gasteiger partial charge >= 0.3 is 0 Å². The molecule has 0 saturated carbocycles. The van der Waals surface area contributed by atoms with Gasteiger partial charge in [-0.25, -0.2) is 0 Å². The van der Waals surface area contributed by atoms with Crippen LogP contribution in [0.2, 0.25) is 0 Å². The van der Waals surface area contributed by atoms with Crippen LogP contribution in [0, 0.1) is 0 Å². The summed E-state index contributed by atoms with van der Waals surface area (Å²) < 4.78 is 11.0. The first-order valence-corrected chi connectivity index (χ1v) is 8.39. The van der Waals surface area contributed by atoms with Gasteiger partial charge in [0.2, 0.25) is 0 Å². The van der Waals surface area contributed by atoms with Crippen LogP contribution in [0.5, 0.6) is 11.5 Å². The molecule has 0 unspecified atom stereocenters. The Morgan fingerprint density at radius 2 is 1.84 bits per heavy atom. The topological polar surface area (TPSA) is 64.6 Å². The lowest BCUT2D eigenvalue weighted by molar-refractivity contribution is -0.118. The second kappa shape index (κ2) is 9.47. The highest BCUT2D eigenvalue weighted by atomic mass is 16.5. The van der Waals surface area contributed by atoms with Gasteiger partial charge in [-0.15, -0.1) is 0 Å². The molecule has 132 valence electrons. The fraction of sp³-hybridized carbons (Fsp3) is 0.300. The zero-order valence-corrected chi connectivity index (χ0v) is 14.6. The number of anilines is 1. The predicted octanol–water partition coefficient (Wildman–Crippen LogP) is 3.87. The highest BCUT2D eigenvalue weighted by molar-refractivity contribution is 5.92. The predicted molar refractivity (Wildman–Crippen MR) is 97.6 cm³/mol. The smallest absolute Gasteiger partial charge is 0.262 e. The fourth-order valence-electron chi connectivity index (χ4n) is 2.21. The van der Waals surface area contributed by atoms with E-state index in [0.29, 0.717) is 35.6 Å². The Morgan fingerprint density at radius 3 is 2.48 bits per heavy atom. The molecule has 0 aromatic heterocycles. The summed E-state index contributed by atoms with van der Waals surface area (Å²) in [7, 11) is 0. The van der Waals surface area contributed by atoms with E-state index in [1.165, 1.54) is 5.56 Å². The van der Waals surface area contributed by atoms with Crippen molar-refractivity contribution in [3.8, 4) is 11.5 Å². The number of benzene rings is 2. The van der Waals surface area contributed by atoms with E-state index in [0.717, 1.165) is 12.8 Å². The summed E-state index contributed by atoms with van der Waals surface area (Å²) in [4.78, 5) is 23.2. The van der Waals surface area contributed by atoms with E-state index in [4.69, 9.17) is 9.47 Å². The number of carbonyl (C=O) groups is 2. The molecule has 0 fully saturated rings. The molecule has 0 aliphatic rings. The second-order valence-electron chi connectivity index (χ2n) is 5.55. The van der Waals surface area contributed by atoms with Gasteiger partial charge in [0, 0.05) is 11.8 Å². The minimum atomic E-state index is -0.291. The first-order chi connectivity index (χ1) is 12.2. The molecule has 0 bridgehead atoms. The van der Waals surface area contributed by atoms with E-state index in [1.54, 1.807) is 18.2 Å². The van der Waals surface area contributed by atoms with Gasteiger partial charge in [0.1, 0.15) is 11.5 Å². The van der Waals surface area contributed by atoms with Crippen LogP contribution in [0.25, 0.3) is 0 Å². The normalized spacial score (nSPS) is 10.2. The zero-order valence-electron chi connectivity index (χ0n) is 14.6. The molecular weight excluding hydrogens is 318 g/mol. The van der Waals surface area contributed by atoms with Crippen LogP contribution < -0.4 is 14.8 Å². The van der Waals surface area contributed by atoms with Crippen LogP contribution >= 0.6 is 0 Å². The van der Waals surface area contributed by atoms with Crippen molar-refractivity contribution in [2.24, 2.45) is 0 Å². The summed E-state index contributed by atoms with van der Waals surface area (Å²) in [6, 6.07) is 12.6. The quantitative estimate of drug-likeness (QED) is 0.703. The second-order valence-corrected chi connectivity index (χ2v) is 5.55. The van der Waals surface area contributed by atoms with Crippen molar-refractivity contribution >= 4 is 17.9 Å². The standard InChI is InChI=1S/C20H23NO4/c1-3-11-24-18-10-7-16(13-22)19(12-18)25-14-20(23)21-17-8-5-15(4-2)6-9-17/h5-10,12-13H,3-4,11,14H2,1-2H3,(H,21,23). The maximum absolute atomic E-state index is 12.0. The zero-order chi connectivity index (χ0) is 18.1. The van der Waals surface area contributed by atoms with Crippen molar-refractivity contribution in [3.63, 3.8) is 0 Å². The number of hydrogen-bond donors (Lipinski definition) is 1. The number of aryl methyl sites for hydroxylation is 1. The van der Waals surface area contributed by atoms with E-state index in [-0.39, 0.29) is 12.5 Å². The summed E-state index contributed by atoms with van der Waals surface area (Å²) in [5, 5.41) is 2.77. The van der Waals surface area contributed by atoms with Gasteiger partial charge in [-0.2, -0.15) is 0 Å². The highest BCUT2D eigenvalue weighted by Gasteiger charge is 2.09. The van der Waals surface area contributed by atoms with Crippen LogP contribution in [-0.2, 0) is 11.2 Å². The molecule has 1 N–H and O–H groups in total. The van der Waals surface area contributed by atoms with Crippen LogP contribution in [0.15, 0.2) is 42.5 Å². The van der Waals surface area contributed by atoms with Gasteiger partial charge in [-0.3, -0.25) is 9.59 Å². The monoisotopic (exact) mass is 341 g/mol. The minimum absolute atomic E-state index is 0.187. The van der Waals surface area contributed by atoms with Gasteiger partial charge in [0.25, 0.3) is 5.91 Å². The number of hydrogen-bond acceptors (Lipinski definition) is 4. The molecule has 0 atom stereocenters. The molecule has 5 nitrogen and oxygen atoms in total. The average Bonchev–Trinajstić information content (AvgIpc) is 2.65. The van der Waals surface area contributed by atoms with Crippen molar-refractivity contribution in [2.75, 3.05) is 18.5 Å². The number of aldehydes is 1.